The van der Waals surface area contributed by atoms with E-state index in [9.17, 15) is 4.79 Å². The fourth-order valence-electron chi connectivity index (χ4n) is 4.23. The SMILES string of the molecule is Cc1c(-c2cc3nnc4c5ccccc5ccc4n3n2)c(=O)n(-c2ccccc2)n1C. The van der Waals surface area contributed by atoms with Crippen molar-refractivity contribution in [1.29, 1.82) is 0 Å². The van der Waals surface area contributed by atoms with Crippen LogP contribution in [-0.4, -0.2) is 29.2 Å². The highest BCUT2D eigenvalue weighted by molar-refractivity contribution is 6.04. The Morgan fingerprint density at radius 1 is 0.871 bits per heavy atom. The molecule has 0 aliphatic carbocycles. The van der Waals surface area contributed by atoms with Crippen LogP contribution in [0.2, 0.25) is 0 Å². The Balaban J connectivity index is 1.62. The van der Waals surface area contributed by atoms with Crippen LogP contribution in [0.3, 0.4) is 0 Å². The Morgan fingerprint density at radius 3 is 2.48 bits per heavy atom. The highest BCUT2D eigenvalue weighted by Crippen LogP contribution is 2.26. The standard InChI is InChI=1S/C24H18N6O/c1-15-22(24(31)30(28(15)2)17-9-4-3-5-10-17)19-14-21-25-26-23-18-11-7-6-8-16(18)12-13-20(23)29(21)27-19/h3-14H,1-2H3. The monoisotopic (exact) mass is 406 g/mol. The van der Waals surface area contributed by atoms with E-state index in [-0.39, 0.29) is 5.56 Å². The molecule has 0 amide bonds. The summed E-state index contributed by atoms with van der Waals surface area (Å²) in [6.07, 6.45) is 0. The van der Waals surface area contributed by atoms with E-state index < -0.39 is 0 Å². The quantitative estimate of drug-likeness (QED) is 0.409. The van der Waals surface area contributed by atoms with Gasteiger partial charge in [0.05, 0.1) is 16.8 Å². The molecule has 7 heteroatoms. The molecule has 3 aromatic carbocycles. The molecule has 0 saturated heterocycles. The molecule has 3 heterocycles. The fourth-order valence-corrected chi connectivity index (χ4v) is 4.23. The lowest BCUT2D eigenvalue weighted by molar-refractivity contribution is 0.630. The molecule has 0 atom stereocenters. The molecule has 6 aromatic rings. The maximum absolute atomic E-state index is 13.4. The molecule has 0 unspecified atom stereocenters. The maximum atomic E-state index is 13.4. The first-order valence-electron chi connectivity index (χ1n) is 10.0. The van der Waals surface area contributed by atoms with E-state index >= 15 is 0 Å². The maximum Gasteiger partial charge on any atom is 0.281 e. The minimum atomic E-state index is -0.114. The summed E-state index contributed by atoms with van der Waals surface area (Å²) in [5.41, 5.74) is 4.92. The van der Waals surface area contributed by atoms with Gasteiger partial charge >= 0.3 is 0 Å². The second-order valence-electron chi connectivity index (χ2n) is 7.59. The van der Waals surface area contributed by atoms with Gasteiger partial charge in [-0.25, -0.2) is 9.20 Å². The van der Waals surface area contributed by atoms with E-state index in [1.165, 1.54) is 0 Å². The van der Waals surface area contributed by atoms with Crippen molar-refractivity contribution in [3.63, 3.8) is 0 Å². The first-order chi connectivity index (χ1) is 15.1. The van der Waals surface area contributed by atoms with Crippen LogP contribution < -0.4 is 5.56 Å². The smallest absolute Gasteiger partial charge is 0.281 e. The van der Waals surface area contributed by atoms with Gasteiger partial charge in [0.25, 0.3) is 5.56 Å². The lowest BCUT2D eigenvalue weighted by Crippen LogP contribution is -2.20. The third-order valence-electron chi connectivity index (χ3n) is 5.86. The molecule has 3 aromatic heterocycles. The molecular formula is C24H18N6O. The lowest BCUT2D eigenvalue weighted by Gasteiger charge is -2.07. The zero-order valence-electron chi connectivity index (χ0n) is 17.0. The minimum absolute atomic E-state index is 0.114. The molecule has 0 fully saturated rings. The van der Waals surface area contributed by atoms with Gasteiger partial charge in [0.1, 0.15) is 11.2 Å². The van der Waals surface area contributed by atoms with Gasteiger partial charge in [0, 0.05) is 24.2 Å². The van der Waals surface area contributed by atoms with Crippen LogP contribution in [0, 0.1) is 6.92 Å². The van der Waals surface area contributed by atoms with Crippen molar-refractivity contribution >= 4 is 27.5 Å². The number of aromatic nitrogens is 6. The average Bonchev–Trinajstić information content (AvgIpc) is 3.32. The first-order valence-corrected chi connectivity index (χ1v) is 10.0. The van der Waals surface area contributed by atoms with Crippen LogP contribution in [0.25, 0.3) is 44.4 Å². The Kier molecular flexibility index (Phi) is 3.61. The second kappa shape index (κ2) is 6.37. The summed E-state index contributed by atoms with van der Waals surface area (Å²) in [5, 5.41) is 15.7. The normalized spacial score (nSPS) is 11.7. The number of hydrogen-bond acceptors (Lipinski definition) is 4. The molecule has 6 rings (SSSR count). The third-order valence-corrected chi connectivity index (χ3v) is 5.86. The number of para-hydroxylation sites is 1. The van der Waals surface area contributed by atoms with Crippen molar-refractivity contribution in [2.45, 2.75) is 6.92 Å². The van der Waals surface area contributed by atoms with Gasteiger partial charge in [-0.1, -0.05) is 48.5 Å². The Bertz CT molecular complexity index is 1670. The summed E-state index contributed by atoms with van der Waals surface area (Å²) in [6.45, 7) is 1.93. The molecule has 150 valence electrons. The van der Waals surface area contributed by atoms with Gasteiger partial charge in [-0.05, 0) is 30.5 Å². The molecule has 0 spiro atoms. The van der Waals surface area contributed by atoms with Crippen molar-refractivity contribution in [2.75, 3.05) is 0 Å². The molecule has 0 aliphatic rings. The fraction of sp³-hybridized carbons (Fsp3) is 0.0833. The molecule has 31 heavy (non-hydrogen) atoms. The van der Waals surface area contributed by atoms with Crippen molar-refractivity contribution in [2.24, 2.45) is 7.05 Å². The van der Waals surface area contributed by atoms with E-state index in [2.05, 4.69) is 22.3 Å². The van der Waals surface area contributed by atoms with Crippen molar-refractivity contribution < 1.29 is 0 Å². The second-order valence-corrected chi connectivity index (χ2v) is 7.59. The van der Waals surface area contributed by atoms with E-state index in [1.54, 1.807) is 9.20 Å². The summed E-state index contributed by atoms with van der Waals surface area (Å²) in [6, 6.07) is 23.5. The molecule has 7 nitrogen and oxygen atoms in total. The van der Waals surface area contributed by atoms with E-state index in [4.69, 9.17) is 5.10 Å². The summed E-state index contributed by atoms with van der Waals surface area (Å²) < 4.78 is 5.28. The zero-order chi connectivity index (χ0) is 21.1. The predicted octanol–water partition coefficient (Wildman–Crippen LogP) is 3.90. The lowest BCUT2D eigenvalue weighted by atomic mass is 10.1. The average molecular weight is 406 g/mol. The Morgan fingerprint density at radius 2 is 1.65 bits per heavy atom. The summed E-state index contributed by atoms with van der Waals surface area (Å²) in [4.78, 5) is 13.4. The molecule has 0 bridgehead atoms. The van der Waals surface area contributed by atoms with Crippen LogP contribution in [0.15, 0.2) is 77.6 Å². The molecule has 0 aliphatic heterocycles. The van der Waals surface area contributed by atoms with Gasteiger partial charge in [-0.3, -0.25) is 9.48 Å². The summed E-state index contributed by atoms with van der Waals surface area (Å²) in [5.74, 6) is 0. The first kappa shape index (κ1) is 17.6. The van der Waals surface area contributed by atoms with Crippen LogP contribution in [-0.2, 0) is 7.05 Å². The number of benzene rings is 3. The minimum Gasteiger partial charge on any atom is -0.285 e. The van der Waals surface area contributed by atoms with Crippen molar-refractivity contribution in [1.82, 2.24) is 29.2 Å². The van der Waals surface area contributed by atoms with Gasteiger partial charge in [-0.15, -0.1) is 10.2 Å². The topological polar surface area (TPSA) is 70.0 Å². The molecule has 0 radical (unpaired) electrons. The Hall–Kier alpha value is -4.26. The summed E-state index contributed by atoms with van der Waals surface area (Å²) in [7, 11) is 1.88. The van der Waals surface area contributed by atoms with Crippen LogP contribution in [0.4, 0.5) is 0 Å². The predicted molar refractivity (Wildman–Crippen MR) is 121 cm³/mol. The van der Waals surface area contributed by atoms with E-state index in [1.807, 2.05) is 79.3 Å². The highest BCUT2D eigenvalue weighted by atomic mass is 16.1. The Labute approximate surface area is 176 Å². The number of rotatable bonds is 2. The van der Waals surface area contributed by atoms with E-state index in [0.29, 0.717) is 16.9 Å². The van der Waals surface area contributed by atoms with Crippen LogP contribution in [0.5, 0.6) is 0 Å². The third kappa shape index (κ3) is 2.46. The highest BCUT2D eigenvalue weighted by Gasteiger charge is 2.21. The van der Waals surface area contributed by atoms with Gasteiger partial charge in [0.2, 0.25) is 0 Å². The van der Waals surface area contributed by atoms with E-state index in [0.717, 1.165) is 33.2 Å². The molecule has 0 saturated carbocycles. The number of hydrogen-bond donors (Lipinski definition) is 0. The van der Waals surface area contributed by atoms with Crippen molar-refractivity contribution in [3.8, 4) is 16.9 Å². The largest absolute Gasteiger partial charge is 0.285 e. The molecular weight excluding hydrogens is 388 g/mol. The number of nitrogens with zero attached hydrogens (tertiary/aromatic N) is 6. The van der Waals surface area contributed by atoms with Crippen molar-refractivity contribution in [3.05, 3.63) is 88.8 Å². The van der Waals surface area contributed by atoms with Gasteiger partial charge in [0.15, 0.2) is 5.65 Å². The van der Waals surface area contributed by atoms with Crippen LogP contribution in [0.1, 0.15) is 5.69 Å². The number of fused-ring (bicyclic) bond motifs is 5. The zero-order valence-corrected chi connectivity index (χ0v) is 17.0. The van der Waals surface area contributed by atoms with Gasteiger partial charge in [-0.2, -0.15) is 5.10 Å². The summed E-state index contributed by atoms with van der Waals surface area (Å²) >= 11 is 0. The van der Waals surface area contributed by atoms with Crippen LogP contribution >= 0.6 is 0 Å². The molecule has 0 N–H and O–H groups in total. The van der Waals surface area contributed by atoms with Gasteiger partial charge < -0.3 is 0 Å².